The second-order valence-electron chi connectivity index (χ2n) is 5.20. The monoisotopic (exact) mass is 302 g/mol. The minimum atomic E-state index is -0.143. The number of hydrogen-bond acceptors (Lipinski definition) is 4. The van der Waals surface area contributed by atoms with Crippen molar-refractivity contribution < 1.29 is 4.79 Å². The molecule has 1 aliphatic carbocycles. The number of imidazole rings is 1. The van der Waals surface area contributed by atoms with Gasteiger partial charge in [0.2, 0.25) is 5.91 Å². The first-order chi connectivity index (χ1) is 10.2. The van der Waals surface area contributed by atoms with Crippen molar-refractivity contribution in [3.05, 3.63) is 42.5 Å². The maximum atomic E-state index is 12.0. The summed E-state index contributed by atoms with van der Waals surface area (Å²) in [6.45, 7) is 2.59. The van der Waals surface area contributed by atoms with E-state index < -0.39 is 0 Å². The first-order valence-corrected chi connectivity index (χ1v) is 7.98. The van der Waals surface area contributed by atoms with Crippen LogP contribution in [0.3, 0.4) is 0 Å². The molecule has 0 unspecified atom stereocenters. The summed E-state index contributed by atoms with van der Waals surface area (Å²) < 4.78 is 2.02. The van der Waals surface area contributed by atoms with Gasteiger partial charge in [0.1, 0.15) is 0 Å². The van der Waals surface area contributed by atoms with Gasteiger partial charge in [0, 0.05) is 24.6 Å². The molecule has 1 aliphatic rings. The number of rotatable bonds is 6. The Kier molecular flexibility index (Phi) is 4.24. The third-order valence-corrected chi connectivity index (χ3v) is 4.43. The van der Waals surface area contributed by atoms with Crippen LogP contribution in [-0.2, 0) is 11.3 Å². The van der Waals surface area contributed by atoms with Crippen molar-refractivity contribution >= 4 is 17.7 Å². The second-order valence-corrected chi connectivity index (χ2v) is 6.51. The van der Waals surface area contributed by atoms with Gasteiger partial charge in [0.05, 0.1) is 17.5 Å². The molecule has 5 nitrogen and oxygen atoms in total. The van der Waals surface area contributed by atoms with E-state index in [1.54, 1.807) is 12.4 Å². The molecule has 1 N–H and O–H groups in total. The molecule has 0 spiro atoms. The minimum Gasteiger partial charge on any atom is -0.352 e. The normalized spacial score (nSPS) is 15.7. The molecule has 1 amide bonds. The van der Waals surface area contributed by atoms with E-state index in [9.17, 15) is 4.79 Å². The fraction of sp³-hybridized carbons (Fsp3) is 0.400. The summed E-state index contributed by atoms with van der Waals surface area (Å²) in [7, 11) is 0. The van der Waals surface area contributed by atoms with Gasteiger partial charge in [-0.1, -0.05) is 17.8 Å². The van der Waals surface area contributed by atoms with Gasteiger partial charge in [-0.05, 0) is 31.9 Å². The molecule has 0 bridgehead atoms. The standard InChI is InChI=1S/C15H18N4OS/c1-11(14(20)18-12-5-6-12)21-15-17-8-9-19(15)10-13-4-2-3-7-16-13/h2-4,7-9,11-12H,5-6,10H2,1H3,(H,18,20)/t11-/m0/s1. The van der Waals surface area contributed by atoms with Crippen molar-refractivity contribution in [2.24, 2.45) is 0 Å². The van der Waals surface area contributed by atoms with Crippen LogP contribution >= 0.6 is 11.8 Å². The third kappa shape index (κ3) is 3.85. The van der Waals surface area contributed by atoms with E-state index in [0.29, 0.717) is 12.6 Å². The topological polar surface area (TPSA) is 59.8 Å². The highest BCUT2D eigenvalue weighted by atomic mass is 32.2. The number of thioether (sulfide) groups is 1. The Morgan fingerprint density at radius 1 is 1.43 bits per heavy atom. The maximum absolute atomic E-state index is 12.0. The molecule has 0 saturated heterocycles. The molecule has 3 rings (SSSR count). The van der Waals surface area contributed by atoms with Crippen LogP contribution in [-0.4, -0.2) is 31.7 Å². The molecule has 110 valence electrons. The number of amides is 1. The summed E-state index contributed by atoms with van der Waals surface area (Å²) in [5, 5.41) is 3.73. The zero-order valence-electron chi connectivity index (χ0n) is 11.9. The molecule has 2 heterocycles. The zero-order chi connectivity index (χ0) is 14.7. The van der Waals surface area contributed by atoms with Crippen molar-refractivity contribution in [3.63, 3.8) is 0 Å². The molecule has 6 heteroatoms. The van der Waals surface area contributed by atoms with Gasteiger partial charge in [0.15, 0.2) is 5.16 Å². The highest BCUT2D eigenvalue weighted by Gasteiger charge is 2.26. The quantitative estimate of drug-likeness (QED) is 0.830. The van der Waals surface area contributed by atoms with Crippen molar-refractivity contribution in [2.75, 3.05) is 0 Å². The van der Waals surface area contributed by atoms with Crippen LogP contribution in [0.25, 0.3) is 0 Å². The number of nitrogens with zero attached hydrogens (tertiary/aromatic N) is 3. The van der Waals surface area contributed by atoms with Crippen LogP contribution in [0, 0.1) is 0 Å². The zero-order valence-corrected chi connectivity index (χ0v) is 12.7. The fourth-order valence-corrected chi connectivity index (χ4v) is 2.83. The minimum absolute atomic E-state index is 0.0925. The van der Waals surface area contributed by atoms with E-state index >= 15 is 0 Å². The first-order valence-electron chi connectivity index (χ1n) is 7.10. The van der Waals surface area contributed by atoms with E-state index in [1.807, 2.05) is 35.9 Å². The highest BCUT2D eigenvalue weighted by Crippen LogP contribution is 2.24. The van der Waals surface area contributed by atoms with Crippen molar-refractivity contribution in [3.8, 4) is 0 Å². The molecule has 2 aromatic heterocycles. The molecule has 0 radical (unpaired) electrons. The summed E-state index contributed by atoms with van der Waals surface area (Å²) >= 11 is 1.49. The Bertz CT molecular complexity index is 609. The predicted octanol–water partition coefficient (Wildman–Crippen LogP) is 2.09. The van der Waals surface area contributed by atoms with Crippen LogP contribution in [0.5, 0.6) is 0 Å². The number of carbonyl (C=O) groups is 1. The smallest absolute Gasteiger partial charge is 0.233 e. The van der Waals surface area contributed by atoms with E-state index in [4.69, 9.17) is 0 Å². The van der Waals surface area contributed by atoms with Gasteiger partial charge in [-0.3, -0.25) is 9.78 Å². The summed E-state index contributed by atoms with van der Waals surface area (Å²) in [5.41, 5.74) is 0.979. The Hall–Kier alpha value is -1.82. The molecule has 0 aliphatic heterocycles. The van der Waals surface area contributed by atoms with Crippen molar-refractivity contribution in [1.29, 1.82) is 0 Å². The molecular formula is C15H18N4OS. The van der Waals surface area contributed by atoms with Crippen LogP contribution in [0.2, 0.25) is 0 Å². The Balaban J connectivity index is 1.63. The molecule has 21 heavy (non-hydrogen) atoms. The lowest BCUT2D eigenvalue weighted by Gasteiger charge is -2.12. The molecule has 0 aromatic carbocycles. The lowest BCUT2D eigenvalue weighted by molar-refractivity contribution is -0.120. The number of hydrogen-bond donors (Lipinski definition) is 1. The van der Waals surface area contributed by atoms with Crippen LogP contribution < -0.4 is 5.32 Å². The number of carbonyl (C=O) groups excluding carboxylic acids is 1. The lowest BCUT2D eigenvalue weighted by atomic mass is 10.3. The van der Waals surface area contributed by atoms with Crippen LogP contribution in [0.1, 0.15) is 25.5 Å². The summed E-state index contributed by atoms with van der Waals surface area (Å²) in [4.78, 5) is 20.7. The van der Waals surface area contributed by atoms with E-state index in [1.165, 1.54) is 11.8 Å². The summed E-state index contributed by atoms with van der Waals surface area (Å²) in [6.07, 6.45) is 7.68. The fourth-order valence-electron chi connectivity index (χ4n) is 1.96. The number of nitrogens with one attached hydrogen (secondary N) is 1. The van der Waals surface area contributed by atoms with Crippen molar-refractivity contribution in [2.45, 2.75) is 42.8 Å². The Labute approximate surface area is 128 Å². The predicted molar refractivity (Wildman–Crippen MR) is 82.0 cm³/mol. The van der Waals surface area contributed by atoms with Gasteiger partial charge in [-0.15, -0.1) is 0 Å². The van der Waals surface area contributed by atoms with Gasteiger partial charge in [0.25, 0.3) is 0 Å². The first kappa shape index (κ1) is 14.1. The van der Waals surface area contributed by atoms with Gasteiger partial charge in [-0.25, -0.2) is 4.98 Å². The Morgan fingerprint density at radius 3 is 3.00 bits per heavy atom. The van der Waals surface area contributed by atoms with E-state index in [-0.39, 0.29) is 11.2 Å². The number of aromatic nitrogens is 3. The van der Waals surface area contributed by atoms with Gasteiger partial charge < -0.3 is 9.88 Å². The largest absolute Gasteiger partial charge is 0.352 e. The highest BCUT2D eigenvalue weighted by molar-refractivity contribution is 8.00. The van der Waals surface area contributed by atoms with Gasteiger partial charge >= 0.3 is 0 Å². The van der Waals surface area contributed by atoms with E-state index in [2.05, 4.69) is 15.3 Å². The van der Waals surface area contributed by atoms with Crippen LogP contribution in [0.15, 0.2) is 41.9 Å². The van der Waals surface area contributed by atoms with Gasteiger partial charge in [-0.2, -0.15) is 0 Å². The average molecular weight is 302 g/mol. The molecule has 1 saturated carbocycles. The molecular weight excluding hydrogens is 284 g/mol. The van der Waals surface area contributed by atoms with E-state index in [0.717, 1.165) is 23.7 Å². The number of pyridine rings is 1. The van der Waals surface area contributed by atoms with Crippen LogP contribution in [0.4, 0.5) is 0 Å². The second kappa shape index (κ2) is 6.30. The maximum Gasteiger partial charge on any atom is 0.233 e. The summed E-state index contributed by atoms with van der Waals surface area (Å²) in [6, 6.07) is 6.25. The lowest BCUT2D eigenvalue weighted by Crippen LogP contribution is -2.32. The molecule has 1 fully saturated rings. The summed E-state index contributed by atoms with van der Waals surface area (Å²) in [5.74, 6) is 0.0925. The Morgan fingerprint density at radius 2 is 2.29 bits per heavy atom. The average Bonchev–Trinajstić information content (AvgIpc) is 3.20. The molecule has 1 atom stereocenters. The molecule has 2 aromatic rings. The SMILES string of the molecule is C[C@H](Sc1nccn1Cc1ccccn1)C(=O)NC1CC1. The van der Waals surface area contributed by atoms with Crippen molar-refractivity contribution in [1.82, 2.24) is 19.9 Å². The third-order valence-electron chi connectivity index (χ3n) is 3.31.